The predicted octanol–water partition coefficient (Wildman–Crippen LogP) is 7.93. The molecule has 7 heteroatoms. The Morgan fingerprint density at radius 2 is 1.75 bits per heavy atom. The lowest BCUT2D eigenvalue weighted by molar-refractivity contribution is -0.113. The molecule has 1 heterocycles. The smallest absolute Gasteiger partial charge is 0.160 e. The molecule has 1 aromatic heterocycles. The first kappa shape index (κ1) is 29.5. The van der Waals surface area contributed by atoms with Gasteiger partial charge in [0.05, 0.1) is 35.2 Å². The summed E-state index contributed by atoms with van der Waals surface area (Å²) < 4.78 is 20.7. The van der Waals surface area contributed by atoms with Gasteiger partial charge in [0.25, 0.3) is 0 Å². The van der Waals surface area contributed by atoms with Gasteiger partial charge in [-0.15, -0.1) is 0 Å². The lowest BCUT2D eigenvalue weighted by Crippen LogP contribution is -2.05. The number of unbranched alkanes of at least 4 members (excludes halogenated alkanes) is 1. The van der Waals surface area contributed by atoms with Crippen LogP contribution in [0.3, 0.4) is 0 Å². The zero-order chi connectivity index (χ0) is 28.3. The van der Waals surface area contributed by atoms with E-state index < -0.39 is 10.8 Å². The summed E-state index contributed by atoms with van der Waals surface area (Å²) in [5.74, 6) is 1.24. The molecule has 0 amide bonds. The maximum Gasteiger partial charge on any atom is 0.160 e. The molecule has 0 saturated heterocycles. The number of allylic oxidation sites excluding steroid dienone is 1. The number of ether oxygens (including phenoxy) is 1. The molecule has 0 saturated carbocycles. The number of imidazole rings is 1. The molecular weight excluding hydrogens is 540 g/mol. The Hall–Kier alpha value is -3.48. The predicted molar refractivity (Wildman–Crippen MR) is 164 cm³/mol. The average molecular weight is 575 g/mol. The average Bonchev–Trinajstić information content (AvgIpc) is 3.40. The molecule has 0 N–H and O–H groups in total. The minimum absolute atomic E-state index is 0.0348. The number of carbonyl (C=O) groups is 1. The van der Waals surface area contributed by atoms with E-state index in [2.05, 4.69) is 18.8 Å². The Labute approximate surface area is 244 Å². The molecule has 40 heavy (non-hydrogen) atoms. The van der Waals surface area contributed by atoms with Crippen LogP contribution in [0.1, 0.15) is 49.9 Å². The van der Waals surface area contributed by atoms with Gasteiger partial charge in [-0.25, -0.2) is 4.98 Å². The zero-order valence-corrected chi connectivity index (χ0v) is 24.6. The van der Waals surface area contributed by atoms with Gasteiger partial charge in [0, 0.05) is 29.1 Å². The lowest BCUT2D eigenvalue weighted by Gasteiger charge is -2.08. The molecule has 4 aromatic rings. The molecule has 4 rings (SSSR count). The lowest BCUT2D eigenvalue weighted by atomic mass is 10.0. The molecule has 0 bridgehead atoms. The number of benzene rings is 3. The largest absolute Gasteiger partial charge is 0.494 e. The molecule has 3 aromatic carbocycles. The van der Waals surface area contributed by atoms with Crippen molar-refractivity contribution in [1.82, 2.24) is 9.55 Å². The topological polar surface area (TPSA) is 61.2 Å². The standard InChI is InChI=1S/C33H35ClN2O3S/c1-3-5-19-39-31-13-9-26(10-14-31)27-11-17-33(34)28(21-27)8-12-30(37)20-25-6-15-32(16-7-25)40(38)23-29-22-35-24-36(29)18-4-2/h6-17,21-22,24H,3-5,18-20,23H2,1-2H3/b12-8+/t40-/m1/s1. The van der Waals surface area contributed by atoms with Crippen molar-refractivity contribution in [1.29, 1.82) is 0 Å². The first-order valence-electron chi connectivity index (χ1n) is 13.7. The van der Waals surface area contributed by atoms with Crippen molar-refractivity contribution >= 4 is 34.3 Å². The number of hydrogen-bond donors (Lipinski definition) is 0. The van der Waals surface area contributed by atoms with Gasteiger partial charge >= 0.3 is 0 Å². The van der Waals surface area contributed by atoms with Gasteiger partial charge in [0.15, 0.2) is 5.78 Å². The highest BCUT2D eigenvalue weighted by atomic mass is 35.5. The van der Waals surface area contributed by atoms with Crippen LogP contribution in [0.5, 0.6) is 5.75 Å². The fourth-order valence-corrected chi connectivity index (χ4v) is 5.55. The third-order valence-electron chi connectivity index (χ3n) is 6.51. The fourth-order valence-electron chi connectivity index (χ4n) is 4.26. The molecule has 0 aliphatic carbocycles. The maximum atomic E-state index is 12.9. The van der Waals surface area contributed by atoms with Crippen LogP contribution in [0.25, 0.3) is 17.2 Å². The van der Waals surface area contributed by atoms with E-state index in [1.807, 2.05) is 71.3 Å². The van der Waals surface area contributed by atoms with E-state index in [-0.39, 0.29) is 12.2 Å². The van der Waals surface area contributed by atoms with Crippen LogP contribution in [-0.4, -0.2) is 26.2 Å². The van der Waals surface area contributed by atoms with Crippen LogP contribution in [-0.2, 0) is 34.3 Å². The summed E-state index contributed by atoms with van der Waals surface area (Å²) >= 11 is 6.43. The highest BCUT2D eigenvalue weighted by Crippen LogP contribution is 2.28. The molecule has 0 aliphatic heterocycles. The van der Waals surface area contributed by atoms with E-state index in [4.69, 9.17) is 16.3 Å². The van der Waals surface area contributed by atoms with Crippen LogP contribution in [0.2, 0.25) is 5.02 Å². The van der Waals surface area contributed by atoms with Crippen molar-refractivity contribution in [2.45, 2.75) is 56.7 Å². The molecule has 208 valence electrons. The van der Waals surface area contributed by atoms with Gasteiger partial charge in [-0.2, -0.15) is 0 Å². The van der Waals surface area contributed by atoms with E-state index in [9.17, 15) is 9.00 Å². The summed E-state index contributed by atoms with van der Waals surface area (Å²) in [4.78, 5) is 17.6. The normalized spacial score (nSPS) is 12.1. The van der Waals surface area contributed by atoms with Gasteiger partial charge in [0.1, 0.15) is 5.75 Å². The number of aryl methyl sites for hydroxylation is 1. The summed E-state index contributed by atoms with van der Waals surface area (Å²) in [7, 11) is -1.18. The quantitative estimate of drug-likeness (QED) is 0.113. The number of ketones is 1. The van der Waals surface area contributed by atoms with Crippen LogP contribution in [0.4, 0.5) is 0 Å². The van der Waals surface area contributed by atoms with E-state index in [0.29, 0.717) is 10.8 Å². The number of nitrogens with zero attached hydrogens (tertiary/aromatic N) is 2. The minimum Gasteiger partial charge on any atom is -0.494 e. The second kappa shape index (κ2) is 14.8. The van der Waals surface area contributed by atoms with Gasteiger partial charge in [-0.3, -0.25) is 9.00 Å². The Morgan fingerprint density at radius 1 is 1.00 bits per heavy atom. The van der Waals surface area contributed by atoms with E-state index in [1.54, 1.807) is 24.7 Å². The third kappa shape index (κ3) is 8.26. The number of aromatic nitrogens is 2. The summed E-state index contributed by atoms with van der Waals surface area (Å²) in [5.41, 5.74) is 4.67. The summed E-state index contributed by atoms with van der Waals surface area (Å²) in [6.07, 6.45) is 10.3. The SMILES string of the molecule is CCCCOc1ccc(-c2ccc(Cl)c(/C=C/C(=O)Cc3ccc([S@](=O)Cc4cncn4CCC)cc3)c2)cc1. The van der Waals surface area contributed by atoms with E-state index in [0.717, 1.165) is 71.0 Å². The molecule has 0 unspecified atom stereocenters. The molecular formula is C33H35ClN2O3S. The molecule has 0 fully saturated rings. The van der Waals surface area contributed by atoms with Crippen molar-refractivity contribution < 1.29 is 13.7 Å². The Balaban J connectivity index is 1.35. The van der Waals surface area contributed by atoms with Crippen LogP contribution in [0.15, 0.2) is 90.2 Å². The number of hydrogen-bond acceptors (Lipinski definition) is 4. The van der Waals surface area contributed by atoms with E-state index in [1.165, 1.54) is 0 Å². The zero-order valence-electron chi connectivity index (χ0n) is 23.0. The van der Waals surface area contributed by atoms with Crippen LogP contribution < -0.4 is 4.74 Å². The van der Waals surface area contributed by atoms with Crippen LogP contribution >= 0.6 is 11.6 Å². The van der Waals surface area contributed by atoms with Gasteiger partial charge in [0.2, 0.25) is 0 Å². The van der Waals surface area contributed by atoms with Crippen LogP contribution in [0, 0.1) is 0 Å². The Kier molecular flexibility index (Phi) is 10.9. The van der Waals surface area contributed by atoms with Crippen molar-refractivity contribution in [3.05, 3.63) is 107 Å². The Bertz CT molecular complexity index is 1460. The second-order valence-electron chi connectivity index (χ2n) is 9.65. The monoisotopic (exact) mass is 574 g/mol. The van der Waals surface area contributed by atoms with Crippen molar-refractivity contribution in [2.75, 3.05) is 6.61 Å². The fraction of sp³-hybridized carbons (Fsp3) is 0.273. The van der Waals surface area contributed by atoms with Gasteiger partial charge in [-0.1, -0.05) is 62.2 Å². The second-order valence-corrected chi connectivity index (χ2v) is 11.5. The molecule has 1 atom stereocenters. The first-order chi connectivity index (χ1) is 19.5. The maximum absolute atomic E-state index is 12.9. The van der Waals surface area contributed by atoms with Crippen molar-refractivity contribution in [2.24, 2.45) is 0 Å². The Morgan fingerprint density at radius 3 is 2.48 bits per heavy atom. The van der Waals surface area contributed by atoms with Gasteiger partial charge in [-0.05, 0) is 83.6 Å². The van der Waals surface area contributed by atoms with E-state index >= 15 is 0 Å². The highest BCUT2D eigenvalue weighted by Gasteiger charge is 2.10. The molecule has 0 spiro atoms. The highest BCUT2D eigenvalue weighted by molar-refractivity contribution is 7.84. The number of rotatable bonds is 14. The number of carbonyl (C=O) groups excluding carboxylic acids is 1. The molecule has 0 radical (unpaired) electrons. The summed E-state index contributed by atoms with van der Waals surface area (Å²) in [6, 6.07) is 21.2. The minimum atomic E-state index is -1.18. The number of halogens is 1. The molecule has 0 aliphatic rings. The summed E-state index contributed by atoms with van der Waals surface area (Å²) in [5, 5.41) is 0.583. The first-order valence-corrected chi connectivity index (χ1v) is 15.4. The third-order valence-corrected chi connectivity index (χ3v) is 8.21. The van der Waals surface area contributed by atoms with Crippen molar-refractivity contribution in [3.8, 4) is 16.9 Å². The summed E-state index contributed by atoms with van der Waals surface area (Å²) in [6.45, 7) is 5.82. The van der Waals surface area contributed by atoms with Gasteiger partial charge < -0.3 is 9.30 Å². The van der Waals surface area contributed by atoms with Crippen molar-refractivity contribution in [3.63, 3.8) is 0 Å². The molecule has 5 nitrogen and oxygen atoms in total.